The molecule has 0 amide bonds. The predicted molar refractivity (Wildman–Crippen MR) is 90.1 cm³/mol. The Hall–Kier alpha value is -2.67. The number of nitro groups is 1. The zero-order chi connectivity index (χ0) is 16.2. The van der Waals surface area contributed by atoms with Gasteiger partial charge in [0.25, 0.3) is 5.69 Å². The summed E-state index contributed by atoms with van der Waals surface area (Å²) < 4.78 is 6.21. The van der Waals surface area contributed by atoms with Crippen LogP contribution >= 0.6 is 15.9 Å². The van der Waals surface area contributed by atoms with Crippen molar-refractivity contribution in [3.05, 3.63) is 75.1 Å². The molecule has 0 radical (unpaired) electrons. The van der Waals surface area contributed by atoms with Gasteiger partial charge in [0.2, 0.25) is 5.89 Å². The molecule has 2 aromatic carbocycles. The normalized spacial score (nSPS) is 10.5. The van der Waals surface area contributed by atoms with E-state index in [-0.39, 0.29) is 5.69 Å². The molecular formula is C16H12BrN3O3. The van der Waals surface area contributed by atoms with Crippen LogP contribution in [0.4, 0.5) is 11.4 Å². The minimum Gasteiger partial charge on any atom is -0.444 e. The standard InChI is InChI=1S/C16H12BrN3O3/c17-12-6-7-15(20(21)22)14(8-12)18-9-13-10-23-16(19-13)11-4-2-1-3-5-11/h1-8,10,18H,9H2. The summed E-state index contributed by atoms with van der Waals surface area (Å²) in [6.07, 6.45) is 1.54. The molecular weight excluding hydrogens is 362 g/mol. The number of oxazole rings is 1. The minimum absolute atomic E-state index is 0.0139. The molecule has 0 spiro atoms. The molecule has 0 aliphatic carbocycles. The van der Waals surface area contributed by atoms with Gasteiger partial charge in [-0.05, 0) is 24.3 Å². The van der Waals surface area contributed by atoms with Crippen LogP contribution < -0.4 is 5.32 Å². The van der Waals surface area contributed by atoms with E-state index in [1.165, 1.54) is 6.07 Å². The highest BCUT2D eigenvalue weighted by atomic mass is 79.9. The van der Waals surface area contributed by atoms with E-state index in [9.17, 15) is 10.1 Å². The zero-order valence-electron chi connectivity index (χ0n) is 11.9. The maximum atomic E-state index is 11.0. The zero-order valence-corrected chi connectivity index (χ0v) is 13.5. The number of hydrogen-bond donors (Lipinski definition) is 1. The summed E-state index contributed by atoms with van der Waals surface area (Å²) in [7, 11) is 0. The number of nitro benzene ring substituents is 1. The lowest BCUT2D eigenvalue weighted by atomic mass is 10.2. The van der Waals surface area contributed by atoms with Gasteiger partial charge >= 0.3 is 0 Å². The first kappa shape index (κ1) is 15.2. The van der Waals surface area contributed by atoms with E-state index in [4.69, 9.17) is 4.42 Å². The van der Waals surface area contributed by atoms with E-state index in [0.717, 1.165) is 10.0 Å². The van der Waals surface area contributed by atoms with E-state index < -0.39 is 4.92 Å². The molecule has 116 valence electrons. The topological polar surface area (TPSA) is 81.2 Å². The lowest BCUT2D eigenvalue weighted by Crippen LogP contribution is -2.03. The van der Waals surface area contributed by atoms with Gasteiger partial charge in [-0.3, -0.25) is 10.1 Å². The number of benzene rings is 2. The average molecular weight is 374 g/mol. The second-order valence-electron chi connectivity index (χ2n) is 4.78. The monoisotopic (exact) mass is 373 g/mol. The summed E-state index contributed by atoms with van der Waals surface area (Å²) in [5.41, 5.74) is 1.99. The maximum absolute atomic E-state index is 11.0. The van der Waals surface area contributed by atoms with Gasteiger partial charge in [-0.15, -0.1) is 0 Å². The van der Waals surface area contributed by atoms with Gasteiger partial charge in [0.1, 0.15) is 12.0 Å². The lowest BCUT2D eigenvalue weighted by molar-refractivity contribution is -0.384. The molecule has 3 aromatic rings. The molecule has 7 heteroatoms. The van der Waals surface area contributed by atoms with Crippen molar-refractivity contribution >= 4 is 27.3 Å². The van der Waals surface area contributed by atoms with Crippen LogP contribution in [0.15, 0.2) is 63.7 Å². The number of nitrogens with zero attached hydrogens (tertiary/aromatic N) is 2. The molecule has 0 saturated heterocycles. The van der Waals surface area contributed by atoms with Gasteiger partial charge in [-0.1, -0.05) is 34.1 Å². The molecule has 1 aromatic heterocycles. The van der Waals surface area contributed by atoms with E-state index in [1.54, 1.807) is 18.4 Å². The highest BCUT2D eigenvalue weighted by Crippen LogP contribution is 2.28. The van der Waals surface area contributed by atoms with Crippen LogP contribution in [0.2, 0.25) is 0 Å². The van der Waals surface area contributed by atoms with Crippen molar-refractivity contribution in [2.24, 2.45) is 0 Å². The smallest absolute Gasteiger partial charge is 0.292 e. The van der Waals surface area contributed by atoms with Crippen molar-refractivity contribution in [2.45, 2.75) is 6.54 Å². The fraction of sp³-hybridized carbons (Fsp3) is 0.0625. The molecule has 0 bridgehead atoms. The van der Waals surface area contributed by atoms with Crippen LogP contribution in [-0.2, 0) is 6.54 Å². The van der Waals surface area contributed by atoms with E-state index in [1.807, 2.05) is 30.3 Å². The van der Waals surface area contributed by atoms with Crippen molar-refractivity contribution in [1.29, 1.82) is 0 Å². The van der Waals surface area contributed by atoms with Crippen LogP contribution in [-0.4, -0.2) is 9.91 Å². The number of anilines is 1. The average Bonchev–Trinajstić information content (AvgIpc) is 3.02. The predicted octanol–water partition coefficient (Wildman–Crippen LogP) is 4.62. The molecule has 6 nitrogen and oxygen atoms in total. The number of rotatable bonds is 5. The largest absolute Gasteiger partial charge is 0.444 e. The summed E-state index contributed by atoms with van der Waals surface area (Å²) in [5, 5.41) is 14.1. The van der Waals surface area contributed by atoms with Gasteiger partial charge < -0.3 is 9.73 Å². The fourth-order valence-corrected chi connectivity index (χ4v) is 2.46. The first-order valence-corrected chi connectivity index (χ1v) is 7.60. The van der Waals surface area contributed by atoms with Gasteiger partial charge in [0, 0.05) is 16.1 Å². The van der Waals surface area contributed by atoms with Gasteiger partial charge in [0.05, 0.1) is 17.2 Å². The Bertz CT molecular complexity index is 834. The number of nitrogens with one attached hydrogen (secondary N) is 1. The van der Waals surface area contributed by atoms with Crippen molar-refractivity contribution in [1.82, 2.24) is 4.98 Å². The second kappa shape index (κ2) is 6.62. The van der Waals surface area contributed by atoms with Crippen LogP contribution in [0.3, 0.4) is 0 Å². The van der Waals surface area contributed by atoms with Crippen molar-refractivity contribution in [2.75, 3.05) is 5.32 Å². The molecule has 1 N–H and O–H groups in total. The molecule has 1 heterocycles. The van der Waals surface area contributed by atoms with Gasteiger partial charge in [0.15, 0.2) is 0 Å². The summed E-state index contributed by atoms with van der Waals surface area (Å²) >= 11 is 3.31. The van der Waals surface area contributed by atoms with Crippen LogP contribution in [0.25, 0.3) is 11.5 Å². The van der Waals surface area contributed by atoms with Gasteiger partial charge in [-0.25, -0.2) is 4.98 Å². The third kappa shape index (κ3) is 3.57. The Morgan fingerprint density at radius 2 is 2.00 bits per heavy atom. The Balaban J connectivity index is 1.76. The fourth-order valence-electron chi connectivity index (χ4n) is 2.10. The second-order valence-corrected chi connectivity index (χ2v) is 5.70. The highest BCUT2D eigenvalue weighted by molar-refractivity contribution is 9.10. The summed E-state index contributed by atoms with van der Waals surface area (Å²) in [6.45, 7) is 0.327. The molecule has 23 heavy (non-hydrogen) atoms. The third-order valence-electron chi connectivity index (χ3n) is 3.19. The van der Waals surface area contributed by atoms with E-state index >= 15 is 0 Å². The summed E-state index contributed by atoms with van der Waals surface area (Å²) in [4.78, 5) is 15.0. The Morgan fingerprint density at radius 1 is 1.22 bits per heavy atom. The Kier molecular flexibility index (Phi) is 4.38. The number of halogens is 1. The molecule has 0 saturated carbocycles. The van der Waals surface area contributed by atoms with Crippen LogP contribution in [0.5, 0.6) is 0 Å². The summed E-state index contributed by atoms with van der Waals surface area (Å²) in [6, 6.07) is 14.3. The lowest BCUT2D eigenvalue weighted by Gasteiger charge is -2.05. The van der Waals surface area contributed by atoms with Crippen molar-refractivity contribution in [3.8, 4) is 11.5 Å². The minimum atomic E-state index is -0.424. The quantitative estimate of drug-likeness (QED) is 0.520. The first-order chi connectivity index (χ1) is 11.1. The van der Waals surface area contributed by atoms with Crippen LogP contribution in [0, 0.1) is 10.1 Å². The van der Waals surface area contributed by atoms with Gasteiger partial charge in [-0.2, -0.15) is 0 Å². The molecule has 0 fully saturated rings. The molecule has 0 unspecified atom stereocenters. The van der Waals surface area contributed by atoms with Crippen LogP contribution in [0.1, 0.15) is 5.69 Å². The molecule has 0 atom stereocenters. The SMILES string of the molecule is O=[N+]([O-])c1ccc(Br)cc1NCc1coc(-c2ccccc2)n1. The third-order valence-corrected chi connectivity index (χ3v) is 3.68. The Labute approximate surface area is 140 Å². The molecule has 0 aliphatic heterocycles. The number of aromatic nitrogens is 1. The molecule has 3 rings (SSSR count). The highest BCUT2D eigenvalue weighted by Gasteiger charge is 2.14. The van der Waals surface area contributed by atoms with E-state index in [2.05, 4.69) is 26.2 Å². The first-order valence-electron chi connectivity index (χ1n) is 6.81. The van der Waals surface area contributed by atoms with Crippen molar-refractivity contribution < 1.29 is 9.34 Å². The molecule has 0 aliphatic rings. The maximum Gasteiger partial charge on any atom is 0.292 e. The summed E-state index contributed by atoms with van der Waals surface area (Å²) in [5.74, 6) is 0.520. The Morgan fingerprint density at radius 3 is 2.74 bits per heavy atom. The number of hydrogen-bond acceptors (Lipinski definition) is 5. The van der Waals surface area contributed by atoms with Crippen molar-refractivity contribution in [3.63, 3.8) is 0 Å². The van der Waals surface area contributed by atoms with E-state index in [0.29, 0.717) is 23.8 Å².